The summed E-state index contributed by atoms with van der Waals surface area (Å²) in [5.74, 6) is 0.982. The van der Waals surface area contributed by atoms with Gasteiger partial charge in [0, 0.05) is 0 Å². The number of hydrogen-bond acceptors (Lipinski definition) is 4. The Morgan fingerprint density at radius 3 is 2.06 bits per heavy atom. The molecule has 3 aromatic rings. The lowest BCUT2D eigenvalue weighted by atomic mass is 10.0. The van der Waals surface area contributed by atoms with Gasteiger partial charge in [-0.2, -0.15) is 0 Å². The molecule has 0 aliphatic rings. The second kappa shape index (κ2) is 11.4. The van der Waals surface area contributed by atoms with E-state index in [1.54, 1.807) is 26.0 Å². The van der Waals surface area contributed by atoms with Crippen molar-refractivity contribution in [2.75, 3.05) is 13.2 Å². The minimum Gasteiger partial charge on any atom is -0.490 e. The van der Waals surface area contributed by atoms with E-state index in [4.69, 9.17) is 14.2 Å². The molecule has 0 aromatic heterocycles. The molecule has 1 atom stereocenters. The number of hydrogen-bond donors (Lipinski definition) is 0. The van der Waals surface area contributed by atoms with Crippen molar-refractivity contribution in [3.05, 3.63) is 90.5 Å². The monoisotopic (exact) mass is 444 g/mol. The van der Waals surface area contributed by atoms with E-state index in [9.17, 15) is 4.79 Å². The second-order valence-corrected chi connectivity index (χ2v) is 8.02. The molecule has 0 amide bonds. The van der Waals surface area contributed by atoms with Crippen LogP contribution in [0.5, 0.6) is 11.5 Å². The minimum atomic E-state index is -1.01. The third kappa shape index (κ3) is 6.48. The first-order valence-corrected chi connectivity index (χ1v) is 11.4. The fourth-order valence-corrected chi connectivity index (χ4v) is 3.34. The number of esters is 1. The van der Waals surface area contributed by atoms with Crippen LogP contribution in [-0.2, 0) is 9.53 Å². The largest absolute Gasteiger partial charge is 0.490 e. The normalized spacial score (nSPS) is 13.2. The molecule has 3 aromatic carbocycles. The summed E-state index contributed by atoms with van der Waals surface area (Å²) in [5, 5.41) is 0. The maximum absolute atomic E-state index is 12.2. The van der Waals surface area contributed by atoms with Gasteiger partial charge in [-0.25, -0.2) is 4.79 Å². The van der Waals surface area contributed by atoms with Gasteiger partial charge >= 0.3 is 5.97 Å². The molecule has 172 valence electrons. The maximum atomic E-state index is 12.2. The first kappa shape index (κ1) is 24.1. The Bertz CT molecular complexity index is 1050. The van der Waals surface area contributed by atoms with Crippen LogP contribution in [0.2, 0.25) is 0 Å². The van der Waals surface area contributed by atoms with Crippen LogP contribution in [0.3, 0.4) is 0 Å². The van der Waals surface area contributed by atoms with Gasteiger partial charge in [0.1, 0.15) is 18.1 Å². The quantitative estimate of drug-likeness (QED) is 0.318. The summed E-state index contributed by atoms with van der Waals surface area (Å²) in [6.45, 7) is 8.30. The lowest BCUT2D eigenvalue weighted by Crippen LogP contribution is -2.42. The smallest absolute Gasteiger partial charge is 0.350 e. The Morgan fingerprint density at radius 2 is 1.45 bits per heavy atom. The Kier molecular flexibility index (Phi) is 8.31. The zero-order valence-corrected chi connectivity index (χ0v) is 19.8. The van der Waals surface area contributed by atoms with Gasteiger partial charge in [-0.1, -0.05) is 61.5 Å². The van der Waals surface area contributed by atoms with Crippen molar-refractivity contribution in [1.82, 2.24) is 0 Å². The molecular weight excluding hydrogens is 412 g/mol. The third-order valence-corrected chi connectivity index (χ3v) is 5.64. The van der Waals surface area contributed by atoms with Crippen LogP contribution in [0, 0.1) is 0 Å². The fourth-order valence-electron chi connectivity index (χ4n) is 3.34. The average Bonchev–Trinajstić information content (AvgIpc) is 2.85. The van der Waals surface area contributed by atoms with Gasteiger partial charge in [-0.05, 0) is 79.8 Å². The predicted octanol–water partition coefficient (Wildman–Crippen LogP) is 6.95. The van der Waals surface area contributed by atoms with E-state index < -0.39 is 5.60 Å². The van der Waals surface area contributed by atoms with E-state index in [1.807, 2.05) is 37.3 Å². The molecular formula is C29H32O4. The molecule has 0 radical (unpaired) electrons. The Labute approximate surface area is 196 Å². The van der Waals surface area contributed by atoms with Gasteiger partial charge < -0.3 is 14.2 Å². The molecule has 0 aliphatic carbocycles. The molecule has 0 heterocycles. The Morgan fingerprint density at radius 1 is 0.848 bits per heavy atom. The summed E-state index contributed by atoms with van der Waals surface area (Å²) in [6.07, 6.45) is 2.58. The van der Waals surface area contributed by atoms with E-state index in [1.165, 1.54) is 16.7 Å². The first-order chi connectivity index (χ1) is 15.9. The van der Waals surface area contributed by atoms with E-state index in [0.29, 0.717) is 25.4 Å². The Balaban J connectivity index is 1.56. The van der Waals surface area contributed by atoms with Crippen molar-refractivity contribution in [2.45, 2.75) is 39.7 Å². The van der Waals surface area contributed by atoms with E-state index in [0.717, 1.165) is 11.3 Å². The van der Waals surface area contributed by atoms with E-state index >= 15 is 0 Å². The van der Waals surface area contributed by atoms with E-state index in [2.05, 4.69) is 49.4 Å². The molecule has 0 aliphatic heterocycles. The van der Waals surface area contributed by atoms with Crippen molar-refractivity contribution in [1.29, 1.82) is 0 Å². The zero-order chi connectivity index (χ0) is 23.7. The summed E-state index contributed by atoms with van der Waals surface area (Å²) in [4.78, 5) is 12.2. The van der Waals surface area contributed by atoms with Gasteiger partial charge in [0.05, 0.1) is 6.61 Å². The van der Waals surface area contributed by atoms with Gasteiger partial charge in [0.15, 0.2) is 0 Å². The standard InChI is InChI=1S/C29H32O4/c1-5-29(4,28(30)31-6-2)33-27-18-16-26(17-19-27)32-21-20-22(3)23-12-14-25(15-13-23)24-10-8-7-9-11-24/h7-20H,5-6,21H2,1-4H3/t29-/m1/s1. The van der Waals surface area contributed by atoms with Crippen LogP contribution < -0.4 is 9.47 Å². The van der Waals surface area contributed by atoms with Crippen molar-refractivity contribution in [3.8, 4) is 22.6 Å². The third-order valence-electron chi connectivity index (χ3n) is 5.64. The number of rotatable bonds is 10. The molecule has 3 rings (SSSR count). The number of carbonyl (C=O) groups excluding carboxylic acids is 1. The van der Waals surface area contributed by atoms with Crippen molar-refractivity contribution in [3.63, 3.8) is 0 Å². The van der Waals surface area contributed by atoms with Crippen LogP contribution in [-0.4, -0.2) is 24.8 Å². The lowest BCUT2D eigenvalue weighted by molar-refractivity contribution is -0.160. The molecule has 0 spiro atoms. The predicted molar refractivity (Wildman–Crippen MR) is 133 cm³/mol. The van der Waals surface area contributed by atoms with Gasteiger partial charge in [-0.3, -0.25) is 0 Å². The highest BCUT2D eigenvalue weighted by Crippen LogP contribution is 2.26. The summed E-state index contributed by atoms with van der Waals surface area (Å²) in [7, 11) is 0. The summed E-state index contributed by atoms with van der Waals surface area (Å²) in [5.41, 5.74) is 3.73. The average molecular weight is 445 g/mol. The molecule has 33 heavy (non-hydrogen) atoms. The molecule has 0 unspecified atom stereocenters. The highest BCUT2D eigenvalue weighted by Gasteiger charge is 2.35. The van der Waals surface area contributed by atoms with Gasteiger partial charge in [0.25, 0.3) is 0 Å². The molecule has 0 saturated carbocycles. The van der Waals surface area contributed by atoms with Crippen LogP contribution >= 0.6 is 0 Å². The SMILES string of the molecule is CCOC(=O)[C@@](C)(CC)Oc1ccc(OCC=C(C)c2ccc(-c3ccccc3)cc2)cc1. The minimum absolute atomic E-state index is 0.328. The topological polar surface area (TPSA) is 44.8 Å². The van der Waals surface area contributed by atoms with Crippen molar-refractivity contribution < 1.29 is 19.0 Å². The van der Waals surface area contributed by atoms with E-state index in [-0.39, 0.29) is 5.97 Å². The number of ether oxygens (including phenoxy) is 3. The number of benzene rings is 3. The van der Waals surface area contributed by atoms with Crippen LogP contribution in [0.25, 0.3) is 16.7 Å². The Hall–Kier alpha value is -3.53. The number of carbonyl (C=O) groups is 1. The molecule has 0 N–H and O–H groups in total. The molecule has 0 fully saturated rings. The van der Waals surface area contributed by atoms with Crippen molar-refractivity contribution in [2.24, 2.45) is 0 Å². The lowest BCUT2D eigenvalue weighted by Gasteiger charge is -2.27. The summed E-state index contributed by atoms with van der Waals surface area (Å²) >= 11 is 0. The molecule has 4 nitrogen and oxygen atoms in total. The molecule has 0 saturated heterocycles. The fraction of sp³-hybridized carbons (Fsp3) is 0.276. The maximum Gasteiger partial charge on any atom is 0.350 e. The van der Waals surface area contributed by atoms with Gasteiger partial charge in [-0.15, -0.1) is 0 Å². The molecule has 0 bridgehead atoms. The van der Waals surface area contributed by atoms with Crippen molar-refractivity contribution >= 4 is 11.5 Å². The van der Waals surface area contributed by atoms with Crippen LogP contribution in [0.15, 0.2) is 84.9 Å². The van der Waals surface area contributed by atoms with Crippen LogP contribution in [0.4, 0.5) is 0 Å². The number of allylic oxidation sites excluding steroid dienone is 1. The van der Waals surface area contributed by atoms with Gasteiger partial charge in [0.2, 0.25) is 5.60 Å². The highest BCUT2D eigenvalue weighted by molar-refractivity contribution is 5.79. The highest BCUT2D eigenvalue weighted by atomic mass is 16.6. The molecule has 4 heteroatoms. The summed E-state index contributed by atoms with van der Waals surface area (Å²) in [6, 6.07) is 26.2. The van der Waals surface area contributed by atoms with Crippen LogP contribution in [0.1, 0.15) is 39.7 Å². The second-order valence-electron chi connectivity index (χ2n) is 8.02. The zero-order valence-electron chi connectivity index (χ0n) is 19.8. The first-order valence-electron chi connectivity index (χ1n) is 11.4. The summed E-state index contributed by atoms with van der Waals surface area (Å²) < 4.78 is 16.9.